The third-order valence-electron chi connectivity index (χ3n) is 7.87. The number of primary amides is 1. The summed E-state index contributed by atoms with van der Waals surface area (Å²) in [5, 5.41) is 7.06. The minimum atomic E-state index is -0.715. The zero-order valence-corrected chi connectivity index (χ0v) is 18.9. The number of aromatic nitrogens is 3. The van der Waals surface area contributed by atoms with Crippen molar-refractivity contribution in [3.63, 3.8) is 0 Å². The molecule has 3 aromatic rings. The summed E-state index contributed by atoms with van der Waals surface area (Å²) in [5.41, 5.74) is 10.1. The Morgan fingerprint density at radius 1 is 1.09 bits per heavy atom. The van der Waals surface area contributed by atoms with Crippen LogP contribution in [0, 0.1) is 11.3 Å². The van der Waals surface area contributed by atoms with Gasteiger partial charge in [-0.25, -0.2) is 4.98 Å². The molecule has 6 rings (SSSR count). The number of rotatable bonds is 5. The van der Waals surface area contributed by atoms with E-state index in [2.05, 4.69) is 38.6 Å². The number of nitrogens with one attached hydrogen (secondary N) is 1. The molecule has 8 nitrogen and oxygen atoms in total. The first-order valence-corrected chi connectivity index (χ1v) is 12.1. The summed E-state index contributed by atoms with van der Waals surface area (Å²) >= 11 is 0. The molecule has 3 N–H and O–H groups in total. The zero-order chi connectivity index (χ0) is 23.3. The predicted molar refractivity (Wildman–Crippen MR) is 125 cm³/mol. The van der Waals surface area contributed by atoms with Crippen molar-refractivity contribution in [2.45, 2.75) is 57.3 Å². The molecule has 2 atom stereocenters. The number of hydrogen-bond donors (Lipinski definition) is 2. The molecule has 2 heterocycles. The van der Waals surface area contributed by atoms with Crippen LogP contribution in [-0.2, 0) is 11.2 Å². The molecule has 0 aliphatic heterocycles. The minimum Gasteiger partial charge on any atom is -0.361 e. The molecule has 3 aliphatic rings. The number of nitrogens with two attached hydrogens (primary N) is 1. The molecule has 0 radical (unpaired) electrons. The van der Waals surface area contributed by atoms with Crippen molar-refractivity contribution in [2.75, 3.05) is 5.32 Å². The fraction of sp³-hybridized carbons (Fsp3) is 0.423. The van der Waals surface area contributed by atoms with Crippen molar-refractivity contribution in [1.29, 1.82) is 0 Å². The lowest BCUT2D eigenvalue weighted by atomic mass is 9.80. The molecule has 2 amide bonds. The first kappa shape index (κ1) is 21.0. The summed E-state index contributed by atoms with van der Waals surface area (Å²) < 4.78 is 5.04. The number of carbonyl (C=O) groups excluding carboxylic acids is 2. The van der Waals surface area contributed by atoms with Gasteiger partial charge in [-0.15, -0.1) is 0 Å². The SMILES string of the molecule is NC(=O)c1nc([C@@H]2CCCCc3cc(-c4ccnc(NC(=O)[C@@H]5CC56CCC6)c4)ccc32)no1. The molecule has 174 valence electrons. The van der Waals surface area contributed by atoms with Crippen LogP contribution in [0.15, 0.2) is 41.1 Å². The van der Waals surface area contributed by atoms with Crippen LogP contribution in [0.4, 0.5) is 5.82 Å². The molecule has 2 fully saturated rings. The van der Waals surface area contributed by atoms with Crippen LogP contribution in [0.2, 0.25) is 0 Å². The van der Waals surface area contributed by atoms with Crippen LogP contribution in [0.5, 0.6) is 0 Å². The van der Waals surface area contributed by atoms with Crippen LogP contribution in [0.25, 0.3) is 11.1 Å². The van der Waals surface area contributed by atoms with E-state index in [1.165, 1.54) is 24.8 Å². The molecule has 34 heavy (non-hydrogen) atoms. The molecule has 1 spiro atoms. The Labute approximate surface area is 197 Å². The number of anilines is 1. The maximum absolute atomic E-state index is 12.7. The zero-order valence-electron chi connectivity index (χ0n) is 18.9. The van der Waals surface area contributed by atoms with Crippen LogP contribution in [0.3, 0.4) is 0 Å². The van der Waals surface area contributed by atoms with Crippen LogP contribution in [-0.4, -0.2) is 26.9 Å². The van der Waals surface area contributed by atoms with Gasteiger partial charge in [0.05, 0.1) is 0 Å². The van der Waals surface area contributed by atoms with Crippen LogP contribution < -0.4 is 11.1 Å². The Balaban J connectivity index is 1.25. The van der Waals surface area contributed by atoms with Crippen molar-refractivity contribution < 1.29 is 14.1 Å². The van der Waals surface area contributed by atoms with E-state index in [0.29, 0.717) is 17.1 Å². The van der Waals surface area contributed by atoms with Crippen molar-refractivity contribution in [3.8, 4) is 11.1 Å². The number of hydrogen-bond acceptors (Lipinski definition) is 6. The van der Waals surface area contributed by atoms with E-state index in [-0.39, 0.29) is 23.6 Å². The Bertz CT molecular complexity index is 1280. The minimum absolute atomic E-state index is 0.0342. The quantitative estimate of drug-likeness (QED) is 0.553. The number of nitrogens with zero attached hydrogens (tertiary/aromatic N) is 3. The predicted octanol–water partition coefficient (Wildman–Crippen LogP) is 4.22. The average molecular weight is 458 g/mol. The van der Waals surface area contributed by atoms with Crippen molar-refractivity contribution in [2.24, 2.45) is 17.1 Å². The van der Waals surface area contributed by atoms with Gasteiger partial charge in [0.1, 0.15) is 5.82 Å². The van der Waals surface area contributed by atoms with Gasteiger partial charge in [0.15, 0.2) is 5.82 Å². The standard InChI is InChI=1S/C26H27N5O3/c27-22(32)25-30-23(31-34-25)19-5-2-1-4-17-12-15(6-7-18(17)19)16-8-11-28-21(13-16)29-24(33)20-14-26(20)9-3-10-26/h6-8,11-13,19-20H,1-5,9-10,14H2,(H2,27,32)(H,28,29,33)/t19-,20+/m1/s1. The normalized spacial score (nSPS) is 22.4. The Kier molecular flexibility index (Phi) is 4.97. The molecule has 3 aliphatic carbocycles. The smallest absolute Gasteiger partial charge is 0.315 e. The van der Waals surface area contributed by atoms with Gasteiger partial charge in [-0.05, 0) is 78.3 Å². The molecule has 2 aromatic heterocycles. The van der Waals surface area contributed by atoms with Gasteiger partial charge in [-0.3, -0.25) is 9.59 Å². The first-order chi connectivity index (χ1) is 16.5. The van der Waals surface area contributed by atoms with E-state index in [9.17, 15) is 9.59 Å². The summed E-state index contributed by atoms with van der Waals surface area (Å²) in [6, 6.07) is 10.3. The lowest BCUT2D eigenvalue weighted by Crippen LogP contribution is -2.23. The van der Waals surface area contributed by atoms with E-state index in [1.54, 1.807) is 6.20 Å². The highest BCUT2D eigenvalue weighted by molar-refractivity contribution is 5.95. The number of pyridine rings is 1. The maximum Gasteiger partial charge on any atom is 0.315 e. The third-order valence-corrected chi connectivity index (χ3v) is 7.87. The van der Waals surface area contributed by atoms with E-state index in [1.807, 2.05) is 12.1 Å². The number of fused-ring (bicyclic) bond motifs is 1. The summed E-state index contributed by atoms with van der Waals surface area (Å²) in [6.07, 6.45) is 10.3. The summed E-state index contributed by atoms with van der Waals surface area (Å²) in [6.45, 7) is 0. The number of amides is 2. The highest BCUT2D eigenvalue weighted by Crippen LogP contribution is 2.65. The Morgan fingerprint density at radius 3 is 2.68 bits per heavy atom. The largest absolute Gasteiger partial charge is 0.361 e. The highest BCUT2D eigenvalue weighted by Gasteiger charge is 2.60. The van der Waals surface area contributed by atoms with E-state index in [4.69, 9.17) is 10.3 Å². The molecule has 0 unspecified atom stereocenters. The fourth-order valence-electron chi connectivity index (χ4n) is 5.70. The summed E-state index contributed by atoms with van der Waals surface area (Å²) in [5.74, 6) is 0.450. The Morgan fingerprint density at radius 2 is 1.94 bits per heavy atom. The lowest BCUT2D eigenvalue weighted by molar-refractivity contribution is -0.118. The Hall–Kier alpha value is -3.55. The van der Waals surface area contributed by atoms with Gasteiger partial charge in [-0.2, -0.15) is 4.98 Å². The topological polar surface area (TPSA) is 124 Å². The van der Waals surface area contributed by atoms with E-state index >= 15 is 0 Å². The molecule has 8 heteroatoms. The van der Waals surface area contributed by atoms with Gasteiger partial charge >= 0.3 is 11.8 Å². The molecule has 2 saturated carbocycles. The number of carbonyl (C=O) groups is 2. The highest BCUT2D eigenvalue weighted by atomic mass is 16.5. The summed E-state index contributed by atoms with van der Waals surface area (Å²) in [7, 11) is 0. The van der Waals surface area contributed by atoms with Gasteiger partial charge in [0.25, 0.3) is 0 Å². The fourth-order valence-corrected chi connectivity index (χ4v) is 5.70. The molecule has 0 bridgehead atoms. The molecular formula is C26H27N5O3. The van der Waals surface area contributed by atoms with Gasteiger partial charge in [0, 0.05) is 18.0 Å². The lowest BCUT2D eigenvalue weighted by Gasteiger charge is -2.26. The second kappa shape index (κ2) is 8.04. The second-order valence-electron chi connectivity index (χ2n) is 9.93. The monoisotopic (exact) mass is 457 g/mol. The number of benzene rings is 1. The molecule has 0 saturated heterocycles. The summed E-state index contributed by atoms with van der Waals surface area (Å²) in [4.78, 5) is 32.7. The first-order valence-electron chi connectivity index (χ1n) is 12.1. The van der Waals surface area contributed by atoms with Crippen LogP contribution in [0.1, 0.15) is 78.5 Å². The van der Waals surface area contributed by atoms with E-state index < -0.39 is 5.91 Å². The van der Waals surface area contributed by atoms with E-state index in [0.717, 1.165) is 48.8 Å². The molecule has 1 aromatic carbocycles. The van der Waals surface area contributed by atoms with Crippen molar-refractivity contribution in [1.82, 2.24) is 15.1 Å². The second-order valence-corrected chi connectivity index (χ2v) is 9.93. The molecular weight excluding hydrogens is 430 g/mol. The third kappa shape index (κ3) is 3.67. The van der Waals surface area contributed by atoms with Crippen LogP contribution >= 0.6 is 0 Å². The van der Waals surface area contributed by atoms with Gasteiger partial charge in [0.2, 0.25) is 5.91 Å². The number of aryl methyl sites for hydroxylation is 1. The maximum atomic E-state index is 12.7. The van der Waals surface area contributed by atoms with Gasteiger partial charge < -0.3 is 15.6 Å². The van der Waals surface area contributed by atoms with Gasteiger partial charge in [-0.1, -0.05) is 36.2 Å². The average Bonchev–Trinajstić information content (AvgIpc) is 3.48. The van der Waals surface area contributed by atoms with Crippen molar-refractivity contribution >= 4 is 17.6 Å². The van der Waals surface area contributed by atoms with Crippen molar-refractivity contribution in [3.05, 3.63) is 59.4 Å².